The number of nitrogens with two attached hydrogens (primary N) is 1. The summed E-state index contributed by atoms with van der Waals surface area (Å²) < 4.78 is 18.8. The molecule has 1 aliphatic rings. The largest absolute Gasteiger partial charge is 0.460 e. The van der Waals surface area contributed by atoms with Crippen molar-refractivity contribution in [3.8, 4) is 0 Å². The minimum Gasteiger partial charge on any atom is -0.460 e. The molecule has 0 radical (unpaired) electrons. The molecule has 0 spiro atoms. The van der Waals surface area contributed by atoms with Crippen molar-refractivity contribution in [2.75, 3.05) is 6.54 Å². The Hall–Kier alpha value is -1.42. The van der Waals surface area contributed by atoms with Crippen molar-refractivity contribution in [1.29, 1.82) is 0 Å². The summed E-state index contributed by atoms with van der Waals surface area (Å²) in [5, 5.41) is 0. The third-order valence-corrected chi connectivity index (χ3v) is 4.20. The molecular weight excluding hydrogens is 257 g/mol. The first-order valence-electron chi connectivity index (χ1n) is 7.29. The summed E-state index contributed by atoms with van der Waals surface area (Å²) in [6, 6.07) is 6.35. The monoisotopic (exact) mass is 279 g/mol. The maximum absolute atomic E-state index is 13.5. The summed E-state index contributed by atoms with van der Waals surface area (Å²) in [5.41, 5.74) is 5.67. The molecule has 0 atom stereocenters. The molecule has 0 bridgehead atoms. The molecule has 0 heterocycles. The van der Waals surface area contributed by atoms with E-state index >= 15 is 0 Å². The van der Waals surface area contributed by atoms with Crippen LogP contribution in [0.25, 0.3) is 0 Å². The van der Waals surface area contributed by atoms with Gasteiger partial charge in [0.15, 0.2) is 0 Å². The van der Waals surface area contributed by atoms with Gasteiger partial charge in [0.1, 0.15) is 12.4 Å². The zero-order chi connectivity index (χ0) is 14.4. The molecule has 0 aliphatic heterocycles. The molecule has 0 amide bonds. The molecule has 1 aliphatic carbocycles. The standard InChI is InChI=1S/C16H22FNO2/c17-14-8-4-3-7-13(14)11-20-15(19)16(12-18)9-5-1-2-6-10-16/h3-4,7-8H,1-2,5-6,9-12,18H2. The lowest BCUT2D eigenvalue weighted by atomic mass is 9.80. The van der Waals surface area contributed by atoms with Crippen LogP contribution in [0.1, 0.15) is 44.1 Å². The molecule has 0 unspecified atom stereocenters. The molecule has 4 heteroatoms. The maximum atomic E-state index is 13.5. The number of benzene rings is 1. The van der Waals surface area contributed by atoms with E-state index in [1.165, 1.54) is 6.07 Å². The summed E-state index contributed by atoms with van der Waals surface area (Å²) in [6.45, 7) is 0.288. The number of hydrogen-bond acceptors (Lipinski definition) is 3. The zero-order valence-corrected chi connectivity index (χ0v) is 11.7. The number of carbonyl (C=O) groups is 1. The van der Waals surface area contributed by atoms with Crippen LogP contribution in [0.4, 0.5) is 4.39 Å². The van der Waals surface area contributed by atoms with Crippen molar-refractivity contribution < 1.29 is 13.9 Å². The minimum absolute atomic E-state index is 0.0206. The van der Waals surface area contributed by atoms with E-state index in [0.29, 0.717) is 12.1 Å². The van der Waals surface area contributed by atoms with Gasteiger partial charge in [0.2, 0.25) is 0 Å². The number of esters is 1. The minimum atomic E-state index is -0.568. The van der Waals surface area contributed by atoms with Crippen LogP contribution < -0.4 is 5.73 Å². The van der Waals surface area contributed by atoms with Crippen molar-refractivity contribution in [3.05, 3.63) is 35.6 Å². The predicted molar refractivity (Wildman–Crippen MR) is 75.4 cm³/mol. The molecule has 1 fully saturated rings. The Labute approximate surface area is 119 Å². The van der Waals surface area contributed by atoms with Crippen LogP contribution in [-0.2, 0) is 16.1 Å². The Bertz CT molecular complexity index is 454. The number of halogens is 1. The van der Waals surface area contributed by atoms with Gasteiger partial charge in [-0.15, -0.1) is 0 Å². The van der Waals surface area contributed by atoms with Gasteiger partial charge in [-0.05, 0) is 18.9 Å². The molecule has 1 aromatic rings. The van der Waals surface area contributed by atoms with Crippen molar-refractivity contribution in [1.82, 2.24) is 0 Å². The molecule has 2 rings (SSSR count). The normalized spacial score (nSPS) is 18.3. The second kappa shape index (κ2) is 6.84. The van der Waals surface area contributed by atoms with Gasteiger partial charge in [0.05, 0.1) is 5.41 Å². The van der Waals surface area contributed by atoms with Crippen molar-refractivity contribution in [2.45, 2.75) is 45.1 Å². The van der Waals surface area contributed by atoms with Crippen molar-refractivity contribution in [3.63, 3.8) is 0 Å². The number of rotatable bonds is 4. The molecule has 0 aromatic heterocycles. The lowest BCUT2D eigenvalue weighted by molar-refractivity contribution is -0.157. The number of carbonyl (C=O) groups excluding carboxylic acids is 1. The van der Waals surface area contributed by atoms with Crippen molar-refractivity contribution in [2.24, 2.45) is 11.1 Å². The summed E-state index contributed by atoms with van der Waals surface area (Å²) in [6.07, 6.45) is 5.85. The first kappa shape index (κ1) is 15.0. The SMILES string of the molecule is NCC1(C(=O)OCc2ccccc2F)CCCCCC1. The maximum Gasteiger partial charge on any atom is 0.313 e. The van der Waals surface area contributed by atoms with Crippen LogP contribution in [0.5, 0.6) is 0 Å². The zero-order valence-electron chi connectivity index (χ0n) is 11.7. The molecule has 2 N–H and O–H groups in total. The van der Waals surface area contributed by atoms with Crippen LogP contribution in [0, 0.1) is 11.2 Å². The fourth-order valence-electron chi connectivity index (χ4n) is 2.81. The van der Waals surface area contributed by atoms with Crippen LogP contribution in [0.3, 0.4) is 0 Å². The van der Waals surface area contributed by atoms with Gasteiger partial charge >= 0.3 is 5.97 Å². The van der Waals surface area contributed by atoms with E-state index in [2.05, 4.69) is 0 Å². The van der Waals surface area contributed by atoms with Gasteiger partial charge in [-0.1, -0.05) is 43.9 Å². The second-order valence-corrected chi connectivity index (χ2v) is 5.57. The van der Waals surface area contributed by atoms with Gasteiger partial charge in [-0.25, -0.2) is 4.39 Å². The summed E-state index contributed by atoms with van der Waals surface area (Å²) in [7, 11) is 0. The summed E-state index contributed by atoms with van der Waals surface area (Å²) >= 11 is 0. The fourth-order valence-corrected chi connectivity index (χ4v) is 2.81. The predicted octanol–water partition coefficient (Wildman–Crippen LogP) is 3.17. The Morgan fingerprint density at radius 1 is 1.20 bits per heavy atom. The van der Waals surface area contributed by atoms with E-state index < -0.39 is 5.41 Å². The van der Waals surface area contributed by atoms with E-state index in [1.54, 1.807) is 18.2 Å². The van der Waals surface area contributed by atoms with Gasteiger partial charge in [-0.3, -0.25) is 4.79 Å². The highest BCUT2D eigenvalue weighted by Crippen LogP contribution is 2.35. The van der Waals surface area contributed by atoms with Crippen molar-refractivity contribution >= 4 is 5.97 Å². The molecule has 0 saturated heterocycles. The highest BCUT2D eigenvalue weighted by atomic mass is 19.1. The molecule has 1 saturated carbocycles. The van der Waals surface area contributed by atoms with Gasteiger partial charge < -0.3 is 10.5 Å². The summed E-state index contributed by atoms with van der Waals surface area (Å²) in [4.78, 5) is 12.4. The Balaban J connectivity index is 2.00. The molecule has 3 nitrogen and oxygen atoms in total. The van der Waals surface area contributed by atoms with Crippen LogP contribution in [-0.4, -0.2) is 12.5 Å². The van der Waals surface area contributed by atoms with Gasteiger partial charge in [0, 0.05) is 12.1 Å². The highest BCUT2D eigenvalue weighted by molar-refractivity contribution is 5.77. The van der Waals surface area contributed by atoms with Gasteiger partial charge in [-0.2, -0.15) is 0 Å². The smallest absolute Gasteiger partial charge is 0.313 e. The fraction of sp³-hybridized carbons (Fsp3) is 0.562. The second-order valence-electron chi connectivity index (χ2n) is 5.57. The first-order valence-corrected chi connectivity index (χ1v) is 7.29. The Morgan fingerprint density at radius 2 is 1.85 bits per heavy atom. The Morgan fingerprint density at radius 3 is 2.45 bits per heavy atom. The third-order valence-electron chi connectivity index (χ3n) is 4.20. The van der Waals surface area contributed by atoms with Crippen LogP contribution in [0.15, 0.2) is 24.3 Å². The van der Waals surface area contributed by atoms with E-state index in [0.717, 1.165) is 38.5 Å². The van der Waals surface area contributed by atoms with Crippen LogP contribution >= 0.6 is 0 Å². The number of hydrogen-bond donors (Lipinski definition) is 1. The average Bonchev–Trinajstić information content (AvgIpc) is 2.72. The lowest BCUT2D eigenvalue weighted by Crippen LogP contribution is -2.39. The average molecular weight is 279 g/mol. The number of ether oxygens (including phenoxy) is 1. The first-order chi connectivity index (χ1) is 9.68. The molecule has 1 aromatic carbocycles. The molecular formula is C16H22FNO2. The van der Waals surface area contributed by atoms with Gasteiger partial charge in [0.25, 0.3) is 0 Å². The van der Waals surface area contributed by atoms with Crippen LogP contribution in [0.2, 0.25) is 0 Å². The third kappa shape index (κ3) is 3.37. The topological polar surface area (TPSA) is 52.3 Å². The van der Waals surface area contributed by atoms with E-state index in [9.17, 15) is 9.18 Å². The highest BCUT2D eigenvalue weighted by Gasteiger charge is 2.38. The van der Waals surface area contributed by atoms with E-state index in [1.807, 2.05) is 0 Å². The lowest BCUT2D eigenvalue weighted by Gasteiger charge is -2.28. The Kier molecular flexibility index (Phi) is 5.12. The van der Waals surface area contributed by atoms with E-state index in [-0.39, 0.29) is 18.4 Å². The quantitative estimate of drug-likeness (QED) is 0.680. The molecule has 110 valence electrons. The summed E-state index contributed by atoms with van der Waals surface area (Å²) in [5.74, 6) is -0.617. The van der Waals surface area contributed by atoms with E-state index in [4.69, 9.17) is 10.5 Å². The molecule has 20 heavy (non-hydrogen) atoms.